The van der Waals surface area contributed by atoms with Crippen molar-refractivity contribution in [2.24, 2.45) is 5.92 Å². The van der Waals surface area contributed by atoms with Gasteiger partial charge in [0.05, 0.1) is 6.54 Å². The van der Waals surface area contributed by atoms with Crippen LogP contribution >= 0.6 is 0 Å². The molecule has 0 bridgehead atoms. The van der Waals surface area contributed by atoms with Crippen molar-refractivity contribution in [3.8, 4) is 0 Å². The minimum atomic E-state index is -0.452. The number of carbonyl (C=O) groups excluding carboxylic acids is 3. The van der Waals surface area contributed by atoms with Crippen LogP contribution in [0.15, 0.2) is 30.3 Å². The van der Waals surface area contributed by atoms with Crippen LogP contribution in [0.2, 0.25) is 0 Å². The van der Waals surface area contributed by atoms with E-state index in [-0.39, 0.29) is 24.3 Å². The van der Waals surface area contributed by atoms with Crippen LogP contribution in [0.5, 0.6) is 0 Å². The molecule has 3 N–H and O–H groups in total. The number of nitrogens with zero attached hydrogens (tertiary/aromatic N) is 1. The summed E-state index contributed by atoms with van der Waals surface area (Å²) in [5, 5.41) is 7.91. The molecule has 1 aliphatic heterocycles. The average molecular weight is 360 g/mol. The summed E-state index contributed by atoms with van der Waals surface area (Å²) in [5.74, 6) is -0.270. The highest BCUT2D eigenvalue weighted by atomic mass is 16.2. The minimum absolute atomic E-state index is 0.0223. The molecule has 1 aromatic carbocycles. The van der Waals surface area contributed by atoms with Gasteiger partial charge in [0.2, 0.25) is 11.8 Å². The molecule has 26 heavy (non-hydrogen) atoms. The number of nitrogens with one attached hydrogen (secondary N) is 3. The third-order valence-corrected chi connectivity index (χ3v) is 4.42. The molecule has 0 radical (unpaired) electrons. The maximum atomic E-state index is 12.3. The third-order valence-electron chi connectivity index (χ3n) is 4.42. The summed E-state index contributed by atoms with van der Waals surface area (Å²) in [7, 11) is 0. The van der Waals surface area contributed by atoms with Gasteiger partial charge in [-0.1, -0.05) is 37.3 Å². The monoisotopic (exact) mass is 360 g/mol. The molecule has 2 rings (SSSR count). The van der Waals surface area contributed by atoms with Crippen LogP contribution < -0.4 is 16.0 Å². The van der Waals surface area contributed by atoms with Crippen molar-refractivity contribution in [3.05, 3.63) is 35.9 Å². The SMILES string of the molecule is CCCNC(=O)NC(=O)CN1CCC(C(=O)NCc2ccccc2)CC1. The number of hydrogen-bond acceptors (Lipinski definition) is 4. The number of rotatable bonds is 7. The Kier molecular flexibility index (Phi) is 8.08. The Morgan fingerprint density at radius 1 is 1.08 bits per heavy atom. The van der Waals surface area contributed by atoms with Crippen LogP contribution in [0.25, 0.3) is 0 Å². The highest BCUT2D eigenvalue weighted by Crippen LogP contribution is 2.17. The van der Waals surface area contributed by atoms with Crippen molar-refractivity contribution in [1.29, 1.82) is 0 Å². The number of benzene rings is 1. The molecule has 0 aromatic heterocycles. The lowest BCUT2D eigenvalue weighted by atomic mass is 9.96. The zero-order chi connectivity index (χ0) is 18.8. The van der Waals surface area contributed by atoms with Gasteiger partial charge in [0, 0.05) is 19.0 Å². The van der Waals surface area contributed by atoms with Crippen molar-refractivity contribution in [1.82, 2.24) is 20.9 Å². The number of amides is 4. The van der Waals surface area contributed by atoms with E-state index in [0.717, 1.165) is 24.8 Å². The van der Waals surface area contributed by atoms with E-state index < -0.39 is 6.03 Å². The Hall–Kier alpha value is -2.41. The molecule has 1 aromatic rings. The lowest BCUT2D eigenvalue weighted by Crippen LogP contribution is -2.47. The van der Waals surface area contributed by atoms with E-state index in [9.17, 15) is 14.4 Å². The largest absolute Gasteiger partial charge is 0.352 e. The molecule has 0 aliphatic carbocycles. The van der Waals surface area contributed by atoms with Crippen molar-refractivity contribution in [2.45, 2.75) is 32.7 Å². The highest BCUT2D eigenvalue weighted by Gasteiger charge is 2.26. The fraction of sp³-hybridized carbons (Fsp3) is 0.526. The Morgan fingerprint density at radius 3 is 2.42 bits per heavy atom. The van der Waals surface area contributed by atoms with Gasteiger partial charge in [-0.05, 0) is 37.9 Å². The third kappa shape index (κ3) is 6.84. The van der Waals surface area contributed by atoms with Crippen molar-refractivity contribution in [3.63, 3.8) is 0 Å². The quantitative estimate of drug-likeness (QED) is 0.683. The fourth-order valence-electron chi connectivity index (χ4n) is 2.93. The van der Waals surface area contributed by atoms with Gasteiger partial charge in [0.25, 0.3) is 0 Å². The highest BCUT2D eigenvalue weighted by molar-refractivity contribution is 5.95. The Morgan fingerprint density at radius 2 is 1.77 bits per heavy atom. The molecule has 0 atom stereocenters. The van der Waals surface area contributed by atoms with Crippen LogP contribution in [0.1, 0.15) is 31.7 Å². The van der Waals surface area contributed by atoms with E-state index in [1.165, 1.54) is 0 Å². The maximum absolute atomic E-state index is 12.3. The predicted octanol–water partition coefficient (Wildman–Crippen LogP) is 1.25. The first kappa shape index (κ1) is 19.9. The molecular weight excluding hydrogens is 332 g/mol. The average Bonchev–Trinajstić information content (AvgIpc) is 2.65. The lowest BCUT2D eigenvalue weighted by Gasteiger charge is -2.30. The second-order valence-electron chi connectivity index (χ2n) is 6.56. The van der Waals surface area contributed by atoms with Crippen LogP contribution in [0.4, 0.5) is 4.79 Å². The van der Waals surface area contributed by atoms with Gasteiger partial charge >= 0.3 is 6.03 Å². The summed E-state index contributed by atoms with van der Waals surface area (Å²) in [6.07, 6.45) is 2.26. The zero-order valence-corrected chi connectivity index (χ0v) is 15.3. The molecule has 1 heterocycles. The van der Waals surface area contributed by atoms with Crippen molar-refractivity contribution >= 4 is 17.8 Å². The number of imide groups is 1. The summed E-state index contributed by atoms with van der Waals surface area (Å²) >= 11 is 0. The van der Waals surface area contributed by atoms with E-state index in [1.54, 1.807) is 0 Å². The molecular formula is C19H28N4O3. The van der Waals surface area contributed by atoms with Gasteiger partial charge in [-0.2, -0.15) is 0 Å². The van der Waals surface area contributed by atoms with Gasteiger partial charge in [-0.15, -0.1) is 0 Å². The number of urea groups is 1. The first-order valence-electron chi connectivity index (χ1n) is 9.20. The zero-order valence-electron chi connectivity index (χ0n) is 15.3. The first-order valence-corrected chi connectivity index (χ1v) is 9.20. The maximum Gasteiger partial charge on any atom is 0.321 e. The second-order valence-corrected chi connectivity index (χ2v) is 6.56. The van der Waals surface area contributed by atoms with Crippen molar-refractivity contribution in [2.75, 3.05) is 26.2 Å². The minimum Gasteiger partial charge on any atom is -0.352 e. The van der Waals surface area contributed by atoms with Crippen LogP contribution in [0, 0.1) is 5.92 Å². The van der Waals surface area contributed by atoms with Gasteiger partial charge in [0.1, 0.15) is 0 Å². The Labute approximate surface area is 154 Å². The van der Waals surface area contributed by atoms with Gasteiger partial charge in [-0.3, -0.25) is 19.8 Å². The van der Waals surface area contributed by atoms with Gasteiger partial charge in [0.15, 0.2) is 0 Å². The van der Waals surface area contributed by atoms with E-state index >= 15 is 0 Å². The van der Waals surface area contributed by atoms with Gasteiger partial charge < -0.3 is 10.6 Å². The number of hydrogen-bond donors (Lipinski definition) is 3. The normalized spacial score (nSPS) is 15.3. The molecule has 0 spiro atoms. The van der Waals surface area contributed by atoms with E-state index in [0.29, 0.717) is 26.2 Å². The first-order chi connectivity index (χ1) is 12.6. The molecule has 0 saturated carbocycles. The van der Waals surface area contributed by atoms with Gasteiger partial charge in [-0.25, -0.2) is 4.79 Å². The second kappa shape index (κ2) is 10.6. The summed E-state index contributed by atoms with van der Waals surface area (Å²) < 4.78 is 0. The molecule has 1 fully saturated rings. The smallest absolute Gasteiger partial charge is 0.321 e. The predicted molar refractivity (Wildman–Crippen MR) is 99.3 cm³/mol. The van der Waals surface area contributed by atoms with E-state index in [1.807, 2.05) is 42.2 Å². The lowest BCUT2D eigenvalue weighted by molar-refractivity contribution is -0.126. The van der Waals surface area contributed by atoms with Crippen LogP contribution in [0.3, 0.4) is 0 Å². The number of likely N-dealkylation sites (tertiary alicyclic amines) is 1. The topological polar surface area (TPSA) is 90.5 Å². The molecule has 1 saturated heterocycles. The standard InChI is InChI=1S/C19H28N4O3/c1-2-10-20-19(26)22-17(24)14-23-11-8-16(9-12-23)18(25)21-13-15-6-4-3-5-7-15/h3-7,16H,2,8-14H2,1H3,(H,21,25)(H2,20,22,24,26). The van der Waals surface area contributed by atoms with E-state index in [4.69, 9.17) is 0 Å². The number of piperidine rings is 1. The Bertz CT molecular complexity index is 598. The Balaban J connectivity index is 1.65. The summed E-state index contributed by atoms with van der Waals surface area (Å²) in [6.45, 7) is 4.55. The van der Waals surface area contributed by atoms with Crippen molar-refractivity contribution < 1.29 is 14.4 Å². The molecule has 7 nitrogen and oxygen atoms in total. The molecule has 0 unspecified atom stereocenters. The molecule has 7 heteroatoms. The summed E-state index contributed by atoms with van der Waals surface area (Å²) in [4.78, 5) is 37.6. The molecule has 142 valence electrons. The number of carbonyl (C=O) groups is 3. The van der Waals surface area contributed by atoms with Crippen LogP contribution in [-0.4, -0.2) is 48.9 Å². The molecule has 1 aliphatic rings. The fourth-order valence-corrected chi connectivity index (χ4v) is 2.93. The van der Waals surface area contributed by atoms with Crippen LogP contribution in [-0.2, 0) is 16.1 Å². The summed E-state index contributed by atoms with van der Waals surface area (Å²) in [5.41, 5.74) is 1.08. The summed E-state index contributed by atoms with van der Waals surface area (Å²) in [6, 6.07) is 9.37. The van der Waals surface area contributed by atoms with E-state index in [2.05, 4.69) is 16.0 Å². The molecule has 4 amide bonds.